The van der Waals surface area contributed by atoms with Gasteiger partial charge in [0, 0.05) is 42.9 Å². The molecule has 1 aliphatic heterocycles. The van der Waals surface area contributed by atoms with E-state index in [9.17, 15) is 18.0 Å². The highest BCUT2D eigenvalue weighted by molar-refractivity contribution is 7.99. The Morgan fingerprint density at radius 1 is 1.19 bits per heavy atom. The number of aromatic nitrogens is 3. The lowest BCUT2D eigenvalue weighted by Crippen LogP contribution is -2.42. The lowest BCUT2D eigenvalue weighted by atomic mass is 10.0. The quantitative estimate of drug-likeness (QED) is 0.418. The highest BCUT2D eigenvalue weighted by Crippen LogP contribution is 2.44. The van der Waals surface area contributed by atoms with Crippen molar-refractivity contribution >= 4 is 34.2 Å². The van der Waals surface area contributed by atoms with E-state index in [-0.39, 0.29) is 17.2 Å². The summed E-state index contributed by atoms with van der Waals surface area (Å²) in [6.07, 6.45) is 0.354. The summed E-state index contributed by atoms with van der Waals surface area (Å²) in [5.74, 6) is 2.14. The lowest BCUT2D eigenvalue weighted by Gasteiger charge is -2.35. The number of anilines is 2. The Morgan fingerprint density at radius 3 is 2.56 bits per heavy atom. The number of nitrogens with one attached hydrogen (secondary N) is 2. The van der Waals surface area contributed by atoms with Crippen LogP contribution in [0.5, 0.6) is 0 Å². The number of pyridine rings is 1. The fraction of sp³-hybridized carbons (Fsp3) is 0.480. The monoisotopic (exact) mass is 516 g/mol. The first-order valence-corrected chi connectivity index (χ1v) is 13.2. The molecule has 2 atom stereocenters. The second-order valence-corrected chi connectivity index (χ2v) is 10.5. The summed E-state index contributed by atoms with van der Waals surface area (Å²) in [5.41, 5.74) is 1.11. The third-order valence-electron chi connectivity index (χ3n) is 6.87. The minimum Gasteiger partial charge on any atom is -0.338 e. The summed E-state index contributed by atoms with van der Waals surface area (Å²) in [6.45, 7) is 0.796. The molecule has 3 aromatic rings. The molecule has 190 valence electrons. The van der Waals surface area contributed by atoms with Crippen LogP contribution < -0.4 is 10.9 Å². The fourth-order valence-electron chi connectivity index (χ4n) is 5.02. The maximum Gasteiger partial charge on any atom is 0.408 e. The van der Waals surface area contributed by atoms with Crippen molar-refractivity contribution < 1.29 is 13.2 Å². The number of fused-ring (bicyclic) bond motifs is 1. The van der Waals surface area contributed by atoms with Crippen molar-refractivity contribution in [3.8, 4) is 6.07 Å². The first-order valence-electron chi connectivity index (χ1n) is 12.1. The van der Waals surface area contributed by atoms with Gasteiger partial charge in [-0.3, -0.25) is 14.4 Å². The van der Waals surface area contributed by atoms with Crippen molar-refractivity contribution in [2.24, 2.45) is 5.92 Å². The van der Waals surface area contributed by atoms with Gasteiger partial charge in [-0.05, 0) is 48.9 Å². The molecule has 36 heavy (non-hydrogen) atoms. The van der Waals surface area contributed by atoms with E-state index in [2.05, 4.69) is 16.4 Å². The van der Waals surface area contributed by atoms with Gasteiger partial charge < -0.3 is 10.3 Å². The van der Waals surface area contributed by atoms with Crippen LogP contribution in [0, 0.1) is 17.2 Å². The van der Waals surface area contributed by atoms with Crippen LogP contribution in [-0.4, -0.2) is 50.4 Å². The summed E-state index contributed by atoms with van der Waals surface area (Å²) in [6, 6.07) is 8.55. The number of rotatable bonds is 8. The Bertz CT molecular complexity index is 1300. The van der Waals surface area contributed by atoms with E-state index in [1.165, 1.54) is 17.0 Å². The van der Waals surface area contributed by atoms with Crippen LogP contribution in [0.15, 0.2) is 41.3 Å². The summed E-state index contributed by atoms with van der Waals surface area (Å²) in [4.78, 5) is 16.9. The molecule has 0 amide bonds. The first kappa shape index (κ1) is 24.7. The Hall–Kier alpha value is -2.97. The molecule has 7 nitrogen and oxygen atoms in total. The zero-order valence-electron chi connectivity index (χ0n) is 19.6. The van der Waals surface area contributed by atoms with Crippen LogP contribution in [0.1, 0.15) is 43.3 Å². The van der Waals surface area contributed by atoms with Gasteiger partial charge in [-0.1, -0.05) is 12.1 Å². The largest absolute Gasteiger partial charge is 0.408 e. The van der Waals surface area contributed by atoms with E-state index >= 15 is 0 Å². The average Bonchev–Trinajstić information content (AvgIpc) is 3.63. The van der Waals surface area contributed by atoms with E-state index in [0.717, 1.165) is 12.8 Å². The molecule has 5 rings (SSSR count). The number of thioether (sulfide) groups is 1. The van der Waals surface area contributed by atoms with Gasteiger partial charge in [0.05, 0.1) is 17.6 Å². The SMILES string of the molecule is N#CCCC(C1CC1)n1nc(Nc2ccc(C(N3CCSCC3)C(F)(F)F)cc2)c2c(=O)[nH]ccc21. The number of alkyl halides is 3. The maximum absolute atomic E-state index is 14.0. The second kappa shape index (κ2) is 10.2. The molecule has 1 saturated heterocycles. The Labute approximate surface area is 210 Å². The van der Waals surface area contributed by atoms with Gasteiger partial charge in [0.15, 0.2) is 5.82 Å². The van der Waals surface area contributed by atoms with Crippen molar-refractivity contribution in [1.82, 2.24) is 19.7 Å². The molecule has 2 fully saturated rings. The number of halogens is 3. The standard InChI is InChI=1S/C25H27F3N6OS/c26-25(27,28)22(33-12-14-36-15-13-33)17-5-7-18(8-6-17)31-23-21-20(9-11-30-24(21)35)34(32-23)19(2-1-10-29)16-3-4-16/h5-9,11,16,19,22H,1-4,12-15H2,(H,30,35)(H,31,32). The molecule has 0 bridgehead atoms. The highest BCUT2D eigenvalue weighted by Gasteiger charge is 2.45. The molecule has 1 aromatic carbocycles. The number of H-pyrrole nitrogens is 1. The van der Waals surface area contributed by atoms with Gasteiger partial charge in [-0.15, -0.1) is 0 Å². The third kappa shape index (κ3) is 5.11. The molecular weight excluding hydrogens is 489 g/mol. The summed E-state index contributed by atoms with van der Waals surface area (Å²) in [5, 5.41) is 17.4. The topological polar surface area (TPSA) is 89.7 Å². The number of nitrogens with zero attached hydrogens (tertiary/aromatic N) is 4. The molecule has 1 aliphatic carbocycles. The van der Waals surface area contributed by atoms with E-state index in [0.29, 0.717) is 65.8 Å². The number of hydrogen-bond donors (Lipinski definition) is 2. The van der Waals surface area contributed by atoms with Crippen LogP contribution in [0.2, 0.25) is 0 Å². The number of nitriles is 1. The number of aromatic amines is 1. The minimum atomic E-state index is -4.37. The van der Waals surface area contributed by atoms with Crippen molar-refractivity contribution in [3.05, 3.63) is 52.4 Å². The molecule has 1 saturated carbocycles. The van der Waals surface area contributed by atoms with Crippen LogP contribution in [-0.2, 0) is 0 Å². The summed E-state index contributed by atoms with van der Waals surface area (Å²) >= 11 is 1.67. The highest BCUT2D eigenvalue weighted by atomic mass is 32.2. The van der Waals surface area contributed by atoms with Gasteiger partial charge in [0.1, 0.15) is 11.4 Å². The van der Waals surface area contributed by atoms with Gasteiger partial charge in [0.2, 0.25) is 0 Å². The van der Waals surface area contributed by atoms with Crippen molar-refractivity contribution in [2.45, 2.75) is 43.9 Å². The van der Waals surface area contributed by atoms with Gasteiger partial charge in [-0.25, -0.2) is 0 Å². The van der Waals surface area contributed by atoms with E-state index in [1.807, 2.05) is 4.68 Å². The molecule has 2 aliphatic rings. The molecule has 2 aromatic heterocycles. The average molecular weight is 517 g/mol. The third-order valence-corrected chi connectivity index (χ3v) is 7.81. The van der Waals surface area contributed by atoms with E-state index in [4.69, 9.17) is 10.4 Å². The molecule has 2 N–H and O–H groups in total. The fourth-order valence-corrected chi connectivity index (χ4v) is 5.95. The molecule has 11 heteroatoms. The van der Waals surface area contributed by atoms with Crippen LogP contribution in [0.3, 0.4) is 0 Å². The molecular formula is C25H27F3N6OS. The van der Waals surface area contributed by atoms with E-state index in [1.54, 1.807) is 36.2 Å². The van der Waals surface area contributed by atoms with Gasteiger partial charge >= 0.3 is 6.18 Å². The van der Waals surface area contributed by atoms with Crippen molar-refractivity contribution in [1.29, 1.82) is 5.26 Å². The second-order valence-electron chi connectivity index (χ2n) is 9.30. The number of hydrogen-bond acceptors (Lipinski definition) is 6. The Balaban J connectivity index is 1.45. The molecule has 0 radical (unpaired) electrons. The molecule has 2 unspecified atom stereocenters. The zero-order valence-corrected chi connectivity index (χ0v) is 20.4. The zero-order chi connectivity index (χ0) is 25.3. The van der Waals surface area contributed by atoms with Crippen LogP contribution in [0.4, 0.5) is 24.7 Å². The lowest BCUT2D eigenvalue weighted by molar-refractivity contribution is -0.185. The predicted molar refractivity (Wildman–Crippen MR) is 134 cm³/mol. The van der Waals surface area contributed by atoms with Crippen LogP contribution in [0.25, 0.3) is 10.9 Å². The first-order chi connectivity index (χ1) is 17.4. The van der Waals surface area contributed by atoms with Gasteiger partial charge in [-0.2, -0.15) is 35.3 Å². The minimum absolute atomic E-state index is 0.0159. The van der Waals surface area contributed by atoms with Crippen molar-refractivity contribution in [3.63, 3.8) is 0 Å². The van der Waals surface area contributed by atoms with Crippen LogP contribution >= 0.6 is 11.8 Å². The van der Waals surface area contributed by atoms with E-state index < -0.39 is 12.2 Å². The summed E-state index contributed by atoms with van der Waals surface area (Å²) < 4.78 is 43.7. The normalized spacial score (nSPS) is 18.6. The molecule has 0 spiro atoms. The summed E-state index contributed by atoms with van der Waals surface area (Å²) in [7, 11) is 0. The smallest absolute Gasteiger partial charge is 0.338 e. The Morgan fingerprint density at radius 2 is 1.92 bits per heavy atom. The predicted octanol–water partition coefficient (Wildman–Crippen LogP) is 5.38. The maximum atomic E-state index is 14.0. The number of benzene rings is 1. The Kier molecular flexibility index (Phi) is 6.99. The van der Waals surface area contributed by atoms with Crippen molar-refractivity contribution in [2.75, 3.05) is 29.9 Å². The van der Waals surface area contributed by atoms with Gasteiger partial charge in [0.25, 0.3) is 5.56 Å². The molecule has 3 heterocycles.